The molecule has 0 saturated carbocycles. The maximum atomic E-state index is 5.47. The Hall–Kier alpha value is -0.986. The summed E-state index contributed by atoms with van der Waals surface area (Å²) in [7, 11) is 2.15. The number of hydrogen-bond acceptors (Lipinski definition) is 3. The summed E-state index contributed by atoms with van der Waals surface area (Å²) in [5.41, 5.74) is 0. The van der Waals surface area contributed by atoms with E-state index in [-0.39, 0.29) is 11.0 Å². The molecule has 0 bridgehead atoms. The molecule has 98 valence electrons. The largest absolute Gasteiger partial charge is 0.536 e. The van der Waals surface area contributed by atoms with Crippen molar-refractivity contribution in [3.05, 3.63) is 42.5 Å². The molecule has 0 radical (unpaired) electrons. The summed E-state index contributed by atoms with van der Waals surface area (Å²) in [5.74, 6) is 0. The summed E-state index contributed by atoms with van der Waals surface area (Å²) in [5, 5.41) is 3.33. The second-order valence-electron chi connectivity index (χ2n) is 3.73. The minimum Gasteiger partial charge on any atom is -0.373 e. The third kappa shape index (κ3) is 2.55. The molecular formula is C13H20O3Si2. The zero-order valence-electron chi connectivity index (χ0n) is 10.3. The Morgan fingerprint density at radius 3 is 1.89 bits per heavy atom. The van der Waals surface area contributed by atoms with Crippen molar-refractivity contribution in [1.29, 1.82) is 0 Å². The summed E-state index contributed by atoms with van der Waals surface area (Å²) in [6.07, 6.45) is 0. The van der Waals surface area contributed by atoms with Crippen LogP contribution in [0.2, 0.25) is 0 Å². The van der Waals surface area contributed by atoms with Crippen LogP contribution in [0.25, 0.3) is 10.8 Å². The molecule has 0 N–H and O–H groups in total. The van der Waals surface area contributed by atoms with E-state index in [9.17, 15) is 0 Å². The highest BCUT2D eigenvalue weighted by atomic mass is 28.4. The molecule has 0 atom stereocenters. The Bertz CT molecular complexity index is 504. The highest BCUT2D eigenvalue weighted by molar-refractivity contribution is 6.75. The second-order valence-corrected chi connectivity index (χ2v) is 6.64. The van der Waals surface area contributed by atoms with Gasteiger partial charge in [0.1, 0.15) is 0 Å². The first-order valence-electron chi connectivity index (χ1n) is 5.40. The van der Waals surface area contributed by atoms with E-state index >= 15 is 0 Å². The van der Waals surface area contributed by atoms with Crippen LogP contribution < -0.4 is 5.19 Å². The number of hydrogen-bond donors (Lipinski definition) is 0. The molecule has 18 heavy (non-hydrogen) atoms. The first-order valence-corrected chi connectivity index (χ1v) is 7.13. The molecule has 2 aromatic carbocycles. The first kappa shape index (κ1) is 15.1. The summed E-state index contributed by atoms with van der Waals surface area (Å²) in [4.78, 5) is 0. The third-order valence-corrected chi connectivity index (χ3v) is 5.54. The average molecular weight is 280 g/mol. The van der Waals surface area contributed by atoms with Crippen LogP contribution in [0.15, 0.2) is 42.5 Å². The minimum absolute atomic E-state index is 0. The summed E-state index contributed by atoms with van der Waals surface area (Å²) in [6, 6.07) is 14.3. The Morgan fingerprint density at radius 2 is 1.33 bits per heavy atom. The van der Waals surface area contributed by atoms with Gasteiger partial charge in [0.15, 0.2) is 0 Å². The van der Waals surface area contributed by atoms with Gasteiger partial charge in [-0.1, -0.05) is 36.4 Å². The highest BCUT2D eigenvalue weighted by Crippen LogP contribution is 2.15. The highest BCUT2D eigenvalue weighted by Gasteiger charge is 2.40. The lowest BCUT2D eigenvalue weighted by Crippen LogP contribution is -2.54. The van der Waals surface area contributed by atoms with Crippen LogP contribution in [0, 0.1) is 0 Å². The molecule has 0 spiro atoms. The molecule has 0 aliphatic carbocycles. The normalized spacial score (nSPS) is 11.3. The summed E-state index contributed by atoms with van der Waals surface area (Å²) in [6.45, 7) is 0. The van der Waals surface area contributed by atoms with Crippen LogP contribution in [0.1, 0.15) is 0 Å². The topological polar surface area (TPSA) is 27.7 Å². The lowest BCUT2D eigenvalue weighted by atomic mass is 10.1. The lowest BCUT2D eigenvalue weighted by Gasteiger charge is -2.24. The molecule has 0 aliphatic rings. The number of benzene rings is 2. The van der Waals surface area contributed by atoms with Crippen molar-refractivity contribution in [3.8, 4) is 0 Å². The Kier molecular flexibility index (Phi) is 5.24. The van der Waals surface area contributed by atoms with E-state index in [1.54, 1.807) is 21.3 Å². The van der Waals surface area contributed by atoms with E-state index in [1.807, 2.05) is 18.2 Å². The summed E-state index contributed by atoms with van der Waals surface area (Å²) >= 11 is 0. The van der Waals surface area contributed by atoms with Crippen molar-refractivity contribution in [2.24, 2.45) is 0 Å². The average Bonchev–Trinajstić information content (AvgIpc) is 2.41. The molecule has 0 aromatic heterocycles. The van der Waals surface area contributed by atoms with E-state index in [4.69, 9.17) is 13.3 Å². The SMILES string of the molecule is CO[Si](OC)(OC)c1ccc2ccccc2c1.[SiH4]. The maximum absolute atomic E-state index is 5.47. The number of fused-ring (bicyclic) bond motifs is 1. The van der Waals surface area contributed by atoms with Crippen LogP contribution >= 0.6 is 0 Å². The molecular weight excluding hydrogens is 260 g/mol. The van der Waals surface area contributed by atoms with Gasteiger partial charge in [-0.2, -0.15) is 0 Å². The summed E-state index contributed by atoms with van der Waals surface area (Å²) < 4.78 is 16.4. The first-order chi connectivity index (χ1) is 8.25. The van der Waals surface area contributed by atoms with Crippen molar-refractivity contribution >= 4 is 35.7 Å². The Balaban J connectivity index is 0.00000162. The maximum Gasteiger partial charge on any atom is 0.536 e. The van der Waals surface area contributed by atoms with Gasteiger partial charge in [-0.15, -0.1) is 0 Å². The monoisotopic (exact) mass is 280 g/mol. The molecule has 0 fully saturated rings. The number of rotatable bonds is 4. The van der Waals surface area contributed by atoms with Gasteiger partial charge in [-0.25, -0.2) is 0 Å². The molecule has 0 aliphatic heterocycles. The van der Waals surface area contributed by atoms with Crippen LogP contribution in [-0.4, -0.2) is 41.1 Å². The van der Waals surface area contributed by atoms with Gasteiger partial charge in [0.25, 0.3) is 0 Å². The van der Waals surface area contributed by atoms with Gasteiger partial charge in [-0.3, -0.25) is 0 Å². The van der Waals surface area contributed by atoms with Crippen molar-refractivity contribution in [2.75, 3.05) is 21.3 Å². The van der Waals surface area contributed by atoms with E-state index in [1.165, 1.54) is 5.39 Å². The predicted molar refractivity (Wildman–Crippen MR) is 81.7 cm³/mol. The van der Waals surface area contributed by atoms with Crippen LogP contribution in [0.3, 0.4) is 0 Å². The fraction of sp³-hybridized carbons (Fsp3) is 0.231. The molecule has 2 aromatic rings. The predicted octanol–water partition coefficient (Wildman–Crippen LogP) is 0.473. The van der Waals surface area contributed by atoms with Crippen LogP contribution in [0.5, 0.6) is 0 Å². The van der Waals surface area contributed by atoms with Gasteiger partial charge >= 0.3 is 8.80 Å². The smallest absolute Gasteiger partial charge is 0.373 e. The second kappa shape index (κ2) is 6.26. The molecule has 0 amide bonds. The van der Waals surface area contributed by atoms with Gasteiger partial charge in [0.05, 0.1) is 0 Å². The standard InChI is InChI=1S/C13H16O3Si.H4Si/c1-14-17(15-2,16-3)13-9-8-11-6-4-5-7-12(11)10-13;/h4-10H,1-3H3;1H4. The molecule has 2 rings (SSSR count). The third-order valence-electron chi connectivity index (χ3n) is 2.91. The van der Waals surface area contributed by atoms with Gasteiger partial charge < -0.3 is 13.3 Å². The van der Waals surface area contributed by atoms with E-state index in [0.29, 0.717) is 0 Å². The van der Waals surface area contributed by atoms with Crippen molar-refractivity contribution in [2.45, 2.75) is 0 Å². The Labute approximate surface area is 113 Å². The van der Waals surface area contributed by atoms with Crippen molar-refractivity contribution in [1.82, 2.24) is 0 Å². The van der Waals surface area contributed by atoms with E-state index < -0.39 is 8.80 Å². The zero-order valence-corrected chi connectivity index (χ0v) is 11.3. The zero-order chi connectivity index (χ0) is 12.3. The quantitative estimate of drug-likeness (QED) is 0.762. The molecule has 3 nitrogen and oxygen atoms in total. The van der Waals surface area contributed by atoms with Crippen molar-refractivity contribution < 1.29 is 13.3 Å². The molecule has 0 saturated heterocycles. The van der Waals surface area contributed by atoms with Crippen LogP contribution in [0.4, 0.5) is 0 Å². The Morgan fingerprint density at radius 1 is 0.778 bits per heavy atom. The van der Waals surface area contributed by atoms with Gasteiger partial charge in [0, 0.05) is 26.5 Å². The molecule has 0 unspecified atom stereocenters. The minimum atomic E-state index is -2.71. The molecule has 0 heterocycles. The fourth-order valence-electron chi connectivity index (χ4n) is 1.98. The van der Waals surface area contributed by atoms with E-state index in [0.717, 1.165) is 10.6 Å². The van der Waals surface area contributed by atoms with E-state index in [2.05, 4.69) is 24.3 Å². The fourth-order valence-corrected chi connectivity index (χ4v) is 3.81. The van der Waals surface area contributed by atoms with Crippen LogP contribution in [-0.2, 0) is 13.3 Å². The van der Waals surface area contributed by atoms with Gasteiger partial charge in [-0.05, 0) is 27.8 Å². The van der Waals surface area contributed by atoms with Crippen molar-refractivity contribution in [3.63, 3.8) is 0 Å². The van der Waals surface area contributed by atoms with Gasteiger partial charge in [0.2, 0.25) is 0 Å². The molecule has 5 heteroatoms. The lowest BCUT2D eigenvalue weighted by molar-refractivity contribution is 0.140.